The number of urea groups is 1. The summed E-state index contributed by atoms with van der Waals surface area (Å²) in [6.07, 6.45) is 5.89. The Bertz CT molecular complexity index is 818. The first kappa shape index (κ1) is 23.1. The Morgan fingerprint density at radius 2 is 1.61 bits per heavy atom. The molecule has 0 spiro atoms. The van der Waals surface area contributed by atoms with Gasteiger partial charge in [0, 0.05) is 31.2 Å². The third-order valence-corrected chi connectivity index (χ3v) is 6.11. The molecule has 1 fully saturated rings. The first-order chi connectivity index (χ1) is 15.1. The molecule has 1 saturated heterocycles. The van der Waals surface area contributed by atoms with Gasteiger partial charge in [-0.05, 0) is 48.4 Å². The van der Waals surface area contributed by atoms with Crippen molar-refractivity contribution in [2.45, 2.75) is 45.1 Å². The van der Waals surface area contributed by atoms with E-state index in [1.807, 2.05) is 59.5 Å². The van der Waals surface area contributed by atoms with Crippen LogP contribution in [0, 0.1) is 5.92 Å². The Morgan fingerprint density at radius 1 is 0.903 bits per heavy atom. The van der Waals surface area contributed by atoms with Crippen molar-refractivity contribution in [3.8, 4) is 0 Å². The number of carbonyl (C=O) groups is 2. The van der Waals surface area contributed by atoms with Gasteiger partial charge in [0.1, 0.15) is 0 Å². The van der Waals surface area contributed by atoms with Gasteiger partial charge in [-0.1, -0.05) is 66.9 Å². The zero-order valence-electron chi connectivity index (χ0n) is 18.0. The summed E-state index contributed by atoms with van der Waals surface area (Å²) in [5.41, 5.74) is 2.10. The maximum atomic E-state index is 12.5. The van der Waals surface area contributed by atoms with Gasteiger partial charge >= 0.3 is 6.03 Å². The van der Waals surface area contributed by atoms with E-state index in [1.54, 1.807) is 0 Å². The second-order valence-electron chi connectivity index (χ2n) is 8.22. The fourth-order valence-corrected chi connectivity index (χ4v) is 4.09. The zero-order valence-corrected chi connectivity index (χ0v) is 18.7. The lowest BCUT2D eigenvalue weighted by Gasteiger charge is -2.32. The number of likely N-dealkylation sites (tertiary alicyclic amines) is 1. The minimum atomic E-state index is -0.139. The number of piperidine rings is 1. The van der Waals surface area contributed by atoms with Crippen LogP contribution in [0.2, 0.25) is 5.02 Å². The molecule has 2 aromatic carbocycles. The predicted octanol–water partition coefficient (Wildman–Crippen LogP) is 4.79. The molecule has 0 aliphatic carbocycles. The van der Waals surface area contributed by atoms with Crippen LogP contribution >= 0.6 is 11.6 Å². The third-order valence-electron chi connectivity index (χ3n) is 5.86. The number of carbonyl (C=O) groups excluding carboxylic acids is 2. The van der Waals surface area contributed by atoms with Crippen molar-refractivity contribution in [2.75, 3.05) is 19.6 Å². The summed E-state index contributed by atoms with van der Waals surface area (Å²) in [5, 5.41) is 6.47. The second kappa shape index (κ2) is 12.4. The van der Waals surface area contributed by atoms with Crippen LogP contribution in [0.3, 0.4) is 0 Å². The number of hydrogen-bond donors (Lipinski definition) is 2. The van der Waals surface area contributed by atoms with Gasteiger partial charge < -0.3 is 15.5 Å². The van der Waals surface area contributed by atoms with Gasteiger partial charge in [0.05, 0.1) is 6.42 Å². The standard InChI is InChI=1S/C25H32ClN3O2/c26-23-11-9-22(10-12-23)19-28-25(31)27-15-5-4-6-20-13-16-29(17-14-20)24(30)18-21-7-2-1-3-8-21/h1-3,7-12,20H,4-6,13-19H2,(H2,27,28,31). The molecule has 2 aromatic rings. The molecule has 0 aromatic heterocycles. The molecule has 31 heavy (non-hydrogen) atoms. The van der Waals surface area contributed by atoms with Gasteiger partial charge in [-0.2, -0.15) is 0 Å². The molecule has 1 aliphatic heterocycles. The number of halogens is 1. The Labute approximate surface area is 190 Å². The molecule has 0 unspecified atom stereocenters. The molecule has 1 heterocycles. The lowest BCUT2D eigenvalue weighted by molar-refractivity contribution is -0.131. The normalized spacial score (nSPS) is 14.3. The van der Waals surface area contributed by atoms with E-state index < -0.39 is 0 Å². The molecule has 166 valence electrons. The van der Waals surface area contributed by atoms with E-state index in [0.29, 0.717) is 30.5 Å². The highest BCUT2D eigenvalue weighted by Crippen LogP contribution is 2.23. The number of rotatable bonds is 9. The van der Waals surface area contributed by atoms with Crippen molar-refractivity contribution < 1.29 is 9.59 Å². The van der Waals surface area contributed by atoms with E-state index in [-0.39, 0.29) is 11.9 Å². The molecule has 0 atom stereocenters. The van der Waals surface area contributed by atoms with Crippen molar-refractivity contribution in [3.05, 3.63) is 70.7 Å². The first-order valence-electron chi connectivity index (χ1n) is 11.2. The van der Waals surface area contributed by atoms with E-state index in [0.717, 1.165) is 56.3 Å². The molecule has 6 heteroatoms. The fourth-order valence-electron chi connectivity index (χ4n) is 3.96. The monoisotopic (exact) mass is 441 g/mol. The Kier molecular flexibility index (Phi) is 9.22. The maximum absolute atomic E-state index is 12.5. The molecule has 5 nitrogen and oxygen atoms in total. The summed E-state index contributed by atoms with van der Waals surface area (Å²) in [7, 11) is 0. The van der Waals surface area contributed by atoms with Crippen LogP contribution in [-0.2, 0) is 17.8 Å². The number of amides is 3. The van der Waals surface area contributed by atoms with Crippen LogP contribution in [0.25, 0.3) is 0 Å². The van der Waals surface area contributed by atoms with Crippen LogP contribution < -0.4 is 10.6 Å². The van der Waals surface area contributed by atoms with Crippen molar-refractivity contribution in [3.63, 3.8) is 0 Å². The molecule has 3 amide bonds. The second-order valence-corrected chi connectivity index (χ2v) is 8.65. The molecule has 0 bridgehead atoms. The minimum Gasteiger partial charge on any atom is -0.342 e. The van der Waals surface area contributed by atoms with Gasteiger partial charge in [-0.25, -0.2) is 4.79 Å². The van der Waals surface area contributed by atoms with Gasteiger partial charge in [-0.3, -0.25) is 4.79 Å². The lowest BCUT2D eigenvalue weighted by Crippen LogP contribution is -2.39. The minimum absolute atomic E-state index is 0.139. The number of unbranched alkanes of at least 4 members (excludes halogenated alkanes) is 1. The largest absolute Gasteiger partial charge is 0.342 e. The maximum Gasteiger partial charge on any atom is 0.315 e. The molecule has 0 radical (unpaired) electrons. The van der Waals surface area contributed by atoms with Crippen LogP contribution in [0.15, 0.2) is 54.6 Å². The van der Waals surface area contributed by atoms with Crippen LogP contribution in [0.1, 0.15) is 43.2 Å². The van der Waals surface area contributed by atoms with Crippen molar-refractivity contribution in [1.29, 1.82) is 0 Å². The lowest BCUT2D eigenvalue weighted by atomic mass is 9.91. The predicted molar refractivity (Wildman–Crippen MR) is 125 cm³/mol. The first-order valence-corrected chi connectivity index (χ1v) is 11.6. The molecular formula is C25H32ClN3O2. The molecule has 0 saturated carbocycles. The van der Waals surface area contributed by atoms with Gasteiger partial charge in [0.25, 0.3) is 0 Å². The van der Waals surface area contributed by atoms with Crippen molar-refractivity contribution in [2.24, 2.45) is 5.92 Å². The average molecular weight is 442 g/mol. The Morgan fingerprint density at radius 3 is 2.32 bits per heavy atom. The average Bonchev–Trinajstić information content (AvgIpc) is 2.79. The van der Waals surface area contributed by atoms with E-state index in [9.17, 15) is 9.59 Å². The van der Waals surface area contributed by atoms with Gasteiger partial charge in [0.15, 0.2) is 0 Å². The highest BCUT2D eigenvalue weighted by Gasteiger charge is 2.22. The van der Waals surface area contributed by atoms with E-state index >= 15 is 0 Å². The van der Waals surface area contributed by atoms with E-state index in [4.69, 9.17) is 11.6 Å². The number of benzene rings is 2. The van der Waals surface area contributed by atoms with Gasteiger partial charge in [-0.15, -0.1) is 0 Å². The Balaban J connectivity index is 1.22. The van der Waals surface area contributed by atoms with E-state index in [1.165, 1.54) is 0 Å². The topological polar surface area (TPSA) is 61.4 Å². The summed E-state index contributed by atoms with van der Waals surface area (Å²) in [5.74, 6) is 0.915. The Hall–Kier alpha value is -2.53. The van der Waals surface area contributed by atoms with Crippen LogP contribution in [0.5, 0.6) is 0 Å². The number of nitrogens with zero attached hydrogens (tertiary/aromatic N) is 1. The molecule has 2 N–H and O–H groups in total. The zero-order chi connectivity index (χ0) is 21.9. The van der Waals surface area contributed by atoms with Crippen molar-refractivity contribution >= 4 is 23.5 Å². The highest BCUT2D eigenvalue weighted by atomic mass is 35.5. The van der Waals surface area contributed by atoms with Crippen LogP contribution in [-0.4, -0.2) is 36.5 Å². The summed E-state index contributed by atoms with van der Waals surface area (Å²) in [4.78, 5) is 26.4. The number of hydrogen-bond acceptors (Lipinski definition) is 2. The quantitative estimate of drug-likeness (QED) is 0.549. The molecular weight excluding hydrogens is 410 g/mol. The molecule has 3 rings (SSSR count). The summed E-state index contributed by atoms with van der Waals surface area (Å²) >= 11 is 5.86. The number of nitrogens with one attached hydrogen (secondary N) is 2. The smallest absolute Gasteiger partial charge is 0.315 e. The summed E-state index contributed by atoms with van der Waals surface area (Å²) in [6, 6.07) is 17.3. The third kappa shape index (κ3) is 8.25. The summed E-state index contributed by atoms with van der Waals surface area (Å²) < 4.78 is 0. The van der Waals surface area contributed by atoms with Crippen molar-refractivity contribution in [1.82, 2.24) is 15.5 Å². The highest BCUT2D eigenvalue weighted by molar-refractivity contribution is 6.30. The molecule has 1 aliphatic rings. The SMILES string of the molecule is O=C(NCCCCC1CCN(C(=O)Cc2ccccc2)CC1)NCc1ccc(Cl)cc1. The summed E-state index contributed by atoms with van der Waals surface area (Å²) in [6.45, 7) is 2.90. The van der Waals surface area contributed by atoms with E-state index in [2.05, 4.69) is 10.6 Å². The van der Waals surface area contributed by atoms with Gasteiger partial charge in [0.2, 0.25) is 5.91 Å². The van der Waals surface area contributed by atoms with Crippen LogP contribution in [0.4, 0.5) is 4.79 Å². The fraction of sp³-hybridized carbons (Fsp3) is 0.440.